The van der Waals surface area contributed by atoms with Crippen molar-refractivity contribution in [1.82, 2.24) is 0 Å². The second kappa shape index (κ2) is 11.5. The highest BCUT2D eigenvalue weighted by molar-refractivity contribution is 6.37. The van der Waals surface area contributed by atoms with Crippen molar-refractivity contribution in [2.75, 3.05) is 13.2 Å². The van der Waals surface area contributed by atoms with Crippen LogP contribution in [0.1, 0.15) is 47.7 Å². The monoisotopic (exact) mass is 538 g/mol. The van der Waals surface area contributed by atoms with Crippen molar-refractivity contribution in [2.45, 2.75) is 26.2 Å². The Kier molecular flexibility index (Phi) is 8.12. The van der Waals surface area contributed by atoms with Gasteiger partial charge in [-0.2, -0.15) is 5.26 Å². The first-order chi connectivity index (χ1) is 17.9. The molecule has 3 aromatic rings. The summed E-state index contributed by atoms with van der Waals surface area (Å²) in [5, 5.41) is 10.2. The Labute approximate surface area is 224 Å². The SMILES string of the molecule is CCCOc1c(Cl)cc(C(=O)Oc2ccc3c(c2)OC(N)=C(C#N)C3c2cccc(OCC)c2)cc1Cl. The number of esters is 1. The largest absolute Gasteiger partial charge is 0.494 e. The lowest BCUT2D eigenvalue weighted by atomic mass is 9.83. The van der Waals surface area contributed by atoms with Gasteiger partial charge >= 0.3 is 5.97 Å². The van der Waals surface area contributed by atoms with Gasteiger partial charge in [-0.15, -0.1) is 0 Å². The second-order valence-corrected chi connectivity index (χ2v) is 8.95. The average Bonchev–Trinajstić information content (AvgIpc) is 2.87. The Morgan fingerprint density at radius 1 is 1.05 bits per heavy atom. The molecule has 0 aromatic heterocycles. The van der Waals surface area contributed by atoms with Crippen molar-refractivity contribution >= 4 is 29.2 Å². The first-order valence-electron chi connectivity index (χ1n) is 11.6. The summed E-state index contributed by atoms with van der Waals surface area (Å²) >= 11 is 12.5. The van der Waals surface area contributed by atoms with Crippen LogP contribution in [0.15, 0.2) is 66.1 Å². The molecule has 0 aliphatic carbocycles. The number of carbonyl (C=O) groups is 1. The van der Waals surface area contributed by atoms with E-state index in [1.807, 2.05) is 38.1 Å². The Bertz CT molecular complexity index is 1390. The molecule has 1 aliphatic heterocycles. The number of carbonyl (C=O) groups excluding carboxylic acids is 1. The smallest absolute Gasteiger partial charge is 0.343 e. The second-order valence-electron chi connectivity index (χ2n) is 8.14. The number of nitrogens with two attached hydrogens (primary N) is 1. The minimum atomic E-state index is -0.663. The van der Waals surface area contributed by atoms with Gasteiger partial charge in [0.25, 0.3) is 0 Å². The molecule has 1 unspecified atom stereocenters. The Morgan fingerprint density at radius 3 is 2.49 bits per heavy atom. The van der Waals surface area contributed by atoms with Crippen molar-refractivity contribution in [3.8, 4) is 29.1 Å². The van der Waals surface area contributed by atoms with Gasteiger partial charge in [0.05, 0.1) is 34.7 Å². The van der Waals surface area contributed by atoms with Gasteiger partial charge in [0, 0.05) is 11.6 Å². The number of hydrogen-bond donors (Lipinski definition) is 1. The standard InChI is InChI=1S/C28H24Cl2N2O5/c1-3-10-35-26-22(29)12-17(13-23(26)30)28(33)36-19-8-9-20-24(14-19)37-27(32)21(15-31)25(20)16-6-5-7-18(11-16)34-4-2/h5-9,11-14,25H,3-4,10,32H2,1-2H3. The maximum Gasteiger partial charge on any atom is 0.343 e. The number of rotatable bonds is 8. The molecule has 4 rings (SSSR count). The van der Waals surface area contributed by atoms with Crippen LogP contribution in [-0.2, 0) is 0 Å². The number of benzene rings is 3. The van der Waals surface area contributed by atoms with Crippen LogP contribution >= 0.6 is 23.2 Å². The van der Waals surface area contributed by atoms with Gasteiger partial charge in [-0.3, -0.25) is 0 Å². The van der Waals surface area contributed by atoms with E-state index in [-0.39, 0.29) is 32.8 Å². The first kappa shape index (κ1) is 26.2. The van der Waals surface area contributed by atoms with Gasteiger partial charge < -0.3 is 24.7 Å². The molecule has 0 radical (unpaired) electrons. The predicted molar refractivity (Wildman–Crippen MR) is 141 cm³/mol. The summed E-state index contributed by atoms with van der Waals surface area (Å²) in [7, 11) is 0. The average molecular weight is 539 g/mol. The van der Waals surface area contributed by atoms with E-state index in [0.29, 0.717) is 36.0 Å². The van der Waals surface area contributed by atoms with Crippen molar-refractivity contribution in [3.63, 3.8) is 0 Å². The molecule has 0 saturated carbocycles. The van der Waals surface area contributed by atoms with Crippen molar-refractivity contribution < 1.29 is 23.7 Å². The lowest BCUT2D eigenvalue weighted by Gasteiger charge is -2.27. The zero-order valence-electron chi connectivity index (χ0n) is 20.2. The van der Waals surface area contributed by atoms with Crippen molar-refractivity contribution in [2.24, 2.45) is 5.73 Å². The minimum Gasteiger partial charge on any atom is -0.494 e. The summed E-state index contributed by atoms with van der Waals surface area (Å²) in [5.41, 5.74) is 8.06. The molecule has 0 bridgehead atoms. The van der Waals surface area contributed by atoms with Crippen LogP contribution in [0, 0.1) is 11.3 Å². The maximum absolute atomic E-state index is 12.8. The zero-order chi connectivity index (χ0) is 26.5. The zero-order valence-corrected chi connectivity index (χ0v) is 21.7. The number of nitriles is 1. The van der Waals surface area contributed by atoms with Crippen LogP contribution in [0.5, 0.6) is 23.0 Å². The third-order valence-electron chi connectivity index (χ3n) is 5.59. The molecule has 1 atom stereocenters. The fourth-order valence-corrected chi connectivity index (χ4v) is 4.57. The molecule has 9 heteroatoms. The minimum absolute atomic E-state index is 0.0217. The van der Waals surface area contributed by atoms with Crippen LogP contribution in [-0.4, -0.2) is 19.2 Å². The fraction of sp³-hybridized carbons (Fsp3) is 0.214. The van der Waals surface area contributed by atoms with E-state index in [2.05, 4.69) is 6.07 Å². The number of ether oxygens (including phenoxy) is 4. The lowest BCUT2D eigenvalue weighted by Crippen LogP contribution is -2.21. The summed E-state index contributed by atoms with van der Waals surface area (Å²) < 4.78 is 22.5. The topological polar surface area (TPSA) is 104 Å². The number of halogens is 2. The summed E-state index contributed by atoms with van der Waals surface area (Å²) in [6, 6.07) is 17.4. The molecular weight excluding hydrogens is 515 g/mol. The van der Waals surface area contributed by atoms with Gasteiger partial charge in [0.15, 0.2) is 5.75 Å². The van der Waals surface area contributed by atoms with Crippen LogP contribution in [0.25, 0.3) is 0 Å². The van der Waals surface area contributed by atoms with Crippen LogP contribution in [0.3, 0.4) is 0 Å². The quantitative estimate of drug-likeness (QED) is 0.254. The number of fused-ring (bicyclic) bond motifs is 1. The van der Waals surface area contributed by atoms with E-state index in [1.165, 1.54) is 12.1 Å². The molecule has 0 fully saturated rings. The van der Waals surface area contributed by atoms with E-state index in [9.17, 15) is 10.1 Å². The molecule has 1 heterocycles. The van der Waals surface area contributed by atoms with Gasteiger partial charge in [0.2, 0.25) is 5.88 Å². The highest BCUT2D eigenvalue weighted by Gasteiger charge is 2.31. The van der Waals surface area contributed by atoms with E-state index in [4.69, 9.17) is 47.9 Å². The highest BCUT2D eigenvalue weighted by atomic mass is 35.5. The third-order valence-corrected chi connectivity index (χ3v) is 6.15. The third kappa shape index (κ3) is 5.61. The molecule has 7 nitrogen and oxygen atoms in total. The van der Waals surface area contributed by atoms with Gasteiger partial charge in [0.1, 0.15) is 28.9 Å². The van der Waals surface area contributed by atoms with Crippen molar-refractivity contribution in [1.29, 1.82) is 5.26 Å². The molecule has 1 aliphatic rings. The summed E-state index contributed by atoms with van der Waals surface area (Å²) in [6.45, 7) is 4.81. The highest BCUT2D eigenvalue weighted by Crippen LogP contribution is 2.44. The Balaban J connectivity index is 1.63. The molecule has 3 aromatic carbocycles. The summed E-state index contributed by atoms with van der Waals surface area (Å²) in [5.74, 6) is 0.421. The van der Waals surface area contributed by atoms with Crippen LogP contribution in [0.4, 0.5) is 0 Å². The molecule has 2 N–H and O–H groups in total. The van der Waals surface area contributed by atoms with Gasteiger partial charge in [-0.1, -0.05) is 48.3 Å². The summed E-state index contributed by atoms with van der Waals surface area (Å²) in [4.78, 5) is 12.8. The number of allylic oxidation sites excluding steroid dienone is 1. The van der Waals surface area contributed by atoms with Gasteiger partial charge in [-0.05, 0) is 49.2 Å². The van der Waals surface area contributed by atoms with E-state index in [0.717, 1.165) is 12.0 Å². The van der Waals surface area contributed by atoms with Crippen molar-refractivity contribution in [3.05, 3.63) is 92.8 Å². The maximum atomic E-state index is 12.8. The Hall–Kier alpha value is -3.86. The van der Waals surface area contributed by atoms with Crippen LogP contribution in [0.2, 0.25) is 10.0 Å². The predicted octanol–water partition coefficient (Wildman–Crippen LogP) is 6.62. The van der Waals surface area contributed by atoms with E-state index in [1.54, 1.807) is 18.2 Å². The molecule has 0 amide bonds. The molecule has 0 saturated heterocycles. The van der Waals surface area contributed by atoms with Gasteiger partial charge in [-0.25, -0.2) is 4.79 Å². The first-order valence-corrected chi connectivity index (χ1v) is 12.4. The fourth-order valence-electron chi connectivity index (χ4n) is 3.98. The number of nitrogens with zero attached hydrogens (tertiary/aromatic N) is 1. The van der Waals surface area contributed by atoms with E-state index >= 15 is 0 Å². The lowest BCUT2D eigenvalue weighted by molar-refractivity contribution is 0.0734. The van der Waals surface area contributed by atoms with Crippen LogP contribution < -0.4 is 24.7 Å². The number of hydrogen-bond acceptors (Lipinski definition) is 7. The molecular formula is C28H24Cl2N2O5. The molecule has 0 spiro atoms. The molecule has 37 heavy (non-hydrogen) atoms. The molecule has 190 valence electrons. The normalized spacial score (nSPS) is 14.3. The van der Waals surface area contributed by atoms with E-state index < -0.39 is 11.9 Å². The Morgan fingerprint density at radius 2 is 1.81 bits per heavy atom. The summed E-state index contributed by atoms with van der Waals surface area (Å²) in [6.07, 6.45) is 0.783.